The van der Waals surface area contributed by atoms with Crippen LogP contribution >= 0.6 is 22.9 Å². The second kappa shape index (κ2) is 7.89. The fourth-order valence-corrected chi connectivity index (χ4v) is 3.85. The number of ether oxygens (including phenoxy) is 1. The second-order valence-corrected chi connectivity index (χ2v) is 7.24. The molecule has 0 aliphatic rings. The van der Waals surface area contributed by atoms with Gasteiger partial charge < -0.3 is 15.0 Å². The number of aromatic nitrogens is 2. The Morgan fingerprint density at radius 3 is 2.78 bits per heavy atom. The van der Waals surface area contributed by atoms with Gasteiger partial charge in [-0.3, -0.25) is 9.59 Å². The number of esters is 1. The summed E-state index contributed by atoms with van der Waals surface area (Å²) in [7, 11) is 0. The monoisotopic (exact) mass is 405 g/mol. The number of carbonyl (C=O) groups is 2. The largest absolute Gasteiger partial charge is 0.451 e. The van der Waals surface area contributed by atoms with Crippen molar-refractivity contribution in [1.82, 2.24) is 15.3 Å². The molecule has 0 spiro atoms. The van der Waals surface area contributed by atoms with E-state index in [0.717, 1.165) is 16.9 Å². The number of thiophene rings is 1. The first-order valence-electron chi connectivity index (χ1n) is 8.04. The van der Waals surface area contributed by atoms with Crippen LogP contribution in [0.25, 0.3) is 10.2 Å². The molecule has 3 aromatic rings. The molecule has 0 fully saturated rings. The predicted octanol–water partition coefficient (Wildman–Crippen LogP) is 2.73. The molecular formula is C18H16ClN3O4S. The first kappa shape index (κ1) is 19.1. The smallest absolute Gasteiger partial charge is 0.349 e. The van der Waals surface area contributed by atoms with Gasteiger partial charge in [-0.05, 0) is 31.0 Å². The molecule has 1 aromatic carbocycles. The van der Waals surface area contributed by atoms with E-state index >= 15 is 0 Å². The Balaban J connectivity index is 1.64. The molecule has 1 amide bonds. The molecule has 2 aromatic heterocycles. The van der Waals surface area contributed by atoms with Gasteiger partial charge in [0, 0.05) is 11.6 Å². The average molecular weight is 406 g/mol. The summed E-state index contributed by atoms with van der Waals surface area (Å²) in [6, 6.07) is 7.13. The van der Waals surface area contributed by atoms with Crippen LogP contribution in [-0.4, -0.2) is 28.5 Å². The van der Waals surface area contributed by atoms with Gasteiger partial charge in [-0.2, -0.15) is 0 Å². The maximum Gasteiger partial charge on any atom is 0.349 e. The number of halogens is 1. The standard InChI is InChI=1S/C18H16ClN3O4S/c1-9-14-16(24)21-10(2)22-17(14)27-15(9)18(25)26-8-13(23)20-7-11-5-3-4-6-12(11)19/h3-6H,7-8H2,1-2H3,(H,20,23)(H,21,22,24). The first-order chi connectivity index (χ1) is 12.9. The van der Waals surface area contributed by atoms with Crippen molar-refractivity contribution >= 4 is 45.0 Å². The Hall–Kier alpha value is -2.71. The highest BCUT2D eigenvalue weighted by Gasteiger charge is 2.20. The molecule has 0 radical (unpaired) electrons. The maximum atomic E-state index is 12.3. The summed E-state index contributed by atoms with van der Waals surface area (Å²) in [6.45, 7) is 3.12. The highest BCUT2D eigenvalue weighted by atomic mass is 35.5. The van der Waals surface area contributed by atoms with Crippen LogP contribution in [0.3, 0.4) is 0 Å². The summed E-state index contributed by atoms with van der Waals surface area (Å²) in [5.41, 5.74) is 0.952. The van der Waals surface area contributed by atoms with E-state index in [-0.39, 0.29) is 17.0 Å². The van der Waals surface area contributed by atoms with Crippen LogP contribution in [0.15, 0.2) is 29.1 Å². The van der Waals surface area contributed by atoms with Gasteiger partial charge in [-0.1, -0.05) is 29.8 Å². The first-order valence-corrected chi connectivity index (χ1v) is 9.23. The van der Waals surface area contributed by atoms with Gasteiger partial charge in [0.25, 0.3) is 11.5 Å². The minimum atomic E-state index is -0.666. The fourth-order valence-electron chi connectivity index (χ4n) is 2.53. The molecule has 27 heavy (non-hydrogen) atoms. The third-order valence-corrected chi connectivity index (χ3v) is 5.41. The van der Waals surface area contributed by atoms with Crippen molar-refractivity contribution in [2.24, 2.45) is 0 Å². The number of hydrogen-bond donors (Lipinski definition) is 2. The van der Waals surface area contributed by atoms with Crippen molar-refractivity contribution in [2.45, 2.75) is 20.4 Å². The molecular weight excluding hydrogens is 390 g/mol. The maximum absolute atomic E-state index is 12.3. The Morgan fingerprint density at radius 1 is 1.30 bits per heavy atom. The molecule has 0 unspecified atom stereocenters. The number of nitrogens with one attached hydrogen (secondary N) is 2. The summed E-state index contributed by atoms with van der Waals surface area (Å²) in [5, 5.41) is 3.55. The third kappa shape index (κ3) is 4.17. The highest BCUT2D eigenvalue weighted by Crippen LogP contribution is 2.27. The lowest BCUT2D eigenvalue weighted by molar-refractivity contribution is -0.124. The number of carbonyl (C=O) groups excluding carboxylic acids is 2. The number of aromatic amines is 1. The van der Waals surface area contributed by atoms with Gasteiger partial charge in [0.2, 0.25) is 0 Å². The number of aryl methyl sites for hydroxylation is 2. The van der Waals surface area contributed by atoms with Gasteiger partial charge in [-0.15, -0.1) is 11.3 Å². The summed E-state index contributed by atoms with van der Waals surface area (Å²) in [6.07, 6.45) is 0. The molecule has 0 aliphatic carbocycles. The van der Waals surface area contributed by atoms with Crippen molar-refractivity contribution in [3.05, 3.63) is 61.5 Å². The minimum Gasteiger partial charge on any atom is -0.451 e. The SMILES string of the molecule is Cc1nc2sc(C(=O)OCC(=O)NCc3ccccc3Cl)c(C)c2c(=O)[nH]1. The normalized spacial score (nSPS) is 10.8. The molecule has 2 heterocycles. The van der Waals surface area contributed by atoms with E-state index in [0.29, 0.717) is 26.6 Å². The molecule has 0 saturated carbocycles. The zero-order valence-corrected chi connectivity index (χ0v) is 16.2. The van der Waals surface area contributed by atoms with Crippen LogP contribution in [0.2, 0.25) is 5.02 Å². The zero-order chi connectivity index (χ0) is 19.6. The summed E-state index contributed by atoms with van der Waals surface area (Å²) in [4.78, 5) is 43.8. The van der Waals surface area contributed by atoms with Crippen LogP contribution in [-0.2, 0) is 16.1 Å². The number of amides is 1. The van der Waals surface area contributed by atoms with Gasteiger partial charge in [0.05, 0.1) is 5.39 Å². The lowest BCUT2D eigenvalue weighted by Crippen LogP contribution is -2.28. The number of nitrogens with zero attached hydrogens (tertiary/aromatic N) is 1. The molecule has 3 rings (SSSR count). The minimum absolute atomic E-state index is 0.233. The molecule has 140 valence electrons. The molecule has 9 heteroatoms. The van der Waals surface area contributed by atoms with E-state index in [1.807, 2.05) is 6.07 Å². The Labute approximate surface area is 163 Å². The molecule has 0 aliphatic heterocycles. The van der Waals surface area contributed by atoms with E-state index in [4.69, 9.17) is 16.3 Å². The van der Waals surface area contributed by atoms with E-state index in [1.165, 1.54) is 0 Å². The van der Waals surface area contributed by atoms with Crippen LogP contribution in [0.1, 0.15) is 26.6 Å². The van der Waals surface area contributed by atoms with Gasteiger partial charge >= 0.3 is 5.97 Å². The fraction of sp³-hybridized carbons (Fsp3) is 0.222. The van der Waals surface area contributed by atoms with Crippen molar-refractivity contribution in [3.8, 4) is 0 Å². The lowest BCUT2D eigenvalue weighted by atomic mass is 10.2. The number of H-pyrrole nitrogens is 1. The summed E-state index contributed by atoms with van der Waals surface area (Å²) in [5.74, 6) is -0.651. The van der Waals surface area contributed by atoms with E-state index < -0.39 is 18.5 Å². The van der Waals surface area contributed by atoms with Gasteiger partial charge in [0.15, 0.2) is 6.61 Å². The van der Waals surface area contributed by atoms with E-state index in [1.54, 1.807) is 32.0 Å². The number of fused-ring (bicyclic) bond motifs is 1. The van der Waals surface area contributed by atoms with Crippen LogP contribution in [0.4, 0.5) is 0 Å². The van der Waals surface area contributed by atoms with Crippen molar-refractivity contribution in [1.29, 1.82) is 0 Å². The number of hydrogen-bond acceptors (Lipinski definition) is 6. The van der Waals surface area contributed by atoms with Crippen LogP contribution < -0.4 is 10.9 Å². The van der Waals surface area contributed by atoms with E-state index in [2.05, 4.69) is 15.3 Å². The van der Waals surface area contributed by atoms with Crippen molar-refractivity contribution in [2.75, 3.05) is 6.61 Å². The molecule has 7 nitrogen and oxygen atoms in total. The van der Waals surface area contributed by atoms with Gasteiger partial charge in [-0.25, -0.2) is 9.78 Å². The Bertz CT molecular complexity index is 1090. The molecule has 0 saturated heterocycles. The molecule has 0 bridgehead atoms. The quantitative estimate of drug-likeness (QED) is 0.635. The van der Waals surface area contributed by atoms with Gasteiger partial charge in [0.1, 0.15) is 15.5 Å². The Morgan fingerprint density at radius 2 is 2.04 bits per heavy atom. The average Bonchev–Trinajstić information content (AvgIpc) is 2.95. The Kier molecular flexibility index (Phi) is 5.57. The number of rotatable bonds is 5. The van der Waals surface area contributed by atoms with Crippen molar-refractivity contribution in [3.63, 3.8) is 0 Å². The topological polar surface area (TPSA) is 101 Å². The zero-order valence-electron chi connectivity index (χ0n) is 14.6. The van der Waals surface area contributed by atoms with E-state index in [9.17, 15) is 14.4 Å². The number of benzene rings is 1. The summed E-state index contributed by atoms with van der Waals surface area (Å²) >= 11 is 7.10. The lowest BCUT2D eigenvalue weighted by Gasteiger charge is -2.07. The summed E-state index contributed by atoms with van der Waals surface area (Å²) < 4.78 is 5.08. The predicted molar refractivity (Wildman–Crippen MR) is 103 cm³/mol. The highest BCUT2D eigenvalue weighted by molar-refractivity contribution is 7.20. The third-order valence-electron chi connectivity index (χ3n) is 3.87. The molecule has 2 N–H and O–H groups in total. The second-order valence-electron chi connectivity index (χ2n) is 5.83. The van der Waals surface area contributed by atoms with Crippen LogP contribution in [0, 0.1) is 13.8 Å². The van der Waals surface area contributed by atoms with Crippen molar-refractivity contribution < 1.29 is 14.3 Å². The molecule has 0 atom stereocenters. The van der Waals surface area contributed by atoms with Crippen LogP contribution in [0.5, 0.6) is 0 Å².